The maximum absolute atomic E-state index is 12.0. The van der Waals surface area contributed by atoms with E-state index < -0.39 is 5.91 Å². The average molecular weight is 322 g/mol. The number of nitrogens with one attached hydrogen (secondary N) is 1. The Morgan fingerprint density at radius 2 is 1.84 bits per heavy atom. The first-order chi connectivity index (χ1) is 9.10. The lowest BCUT2D eigenvalue weighted by Crippen LogP contribution is -2.12. The van der Waals surface area contributed by atoms with Crippen molar-refractivity contribution in [2.24, 2.45) is 0 Å². The van der Waals surface area contributed by atoms with Gasteiger partial charge in [0.2, 0.25) is 0 Å². The number of carbonyl (C=O) groups is 1. The highest BCUT2D eigenvalue weighted by molar-refractivity contribution is 9.10. The highest BCUT2D eigenvalue weighted by atomic mass is 79.9. The molecule has 0 aliphatic heterocycles. The van der Waals surface area contributed by atoms with Gasteiger partial charge in [-0.05, 0) is 35.9 Å². The quantitative estimate of drug-likeness (QED) is 0.814. The zero-order valence-electron chi connectivity index (χ0n) is 9.93. The topological polar surface area (TPSA) is 69.6 Å². The van der Waals surface area contributed by atoms with Gasteiger partial charge in [0, 0.05) is 10.2 Å². The summed E-state index contributed by atoms with van der Waals surface area (Å²) in [5.41, 5.74) is 1.56. The fraction of sp³-hybridized carbons (Fsp3) is 0.0714. The van der Waals surface area contributed by atoms with Crippen molar-refractivity contribution in [2.75, 3.05) is 5.32 Å². The second-order valence-electron chi connectivity index (χ2n) is 3.97. The molecule has 98 valence electrons. The average Bonchev–Trinajstić information content (AvgIpc) is 2.42. The molecule has 0 aliphatic carbocycles. The number of rotatable bonds is 3. The standard InChI is InChI=1S/C14H12BrNO3/c15-10-3-6-13(18)12(7-10)14(19)16-11-4-1-9(8-17)2-5-11/h1-7,17-18H,8H2,(H,16,19). The van der Waals surface area contributed by atoms with Gasteiger partial charge >= 0.3 is 0 Å². The van der Waals surface area contributed by atoms with Crippen LogP contribution in [-0.4, -0.2) is 16.1 Å². The fourth-order valence-electron chi connectivity index (χ4n) is 1.58. The molecule has 2 rings (SSSR count). The molecule has 0 aromatic heterocycles. The number of hydrogen-bond donors (Lipinski definition) is 3. The predicted octanol–water partition coefficient (Wildman–Crippen LogP) is 2.90. The molecule has 0 atom stereocenters. The van der Waals surface area contributed by atoms with Crippen LogP contribution in [0.3, 0.4) is 0 Å². The van der Waals surface area contributed by atoms with Gasteiger partial charge in [-0.2, -0.15) is 0 Å². The maximum atomic E-state index is 12.0. The number of amides is 1. The Bertz CT molecular complexity index is 596. The summed E-state index contributed by atoms with van der Waals surface area (Å²) in [4.78, 5) is 12.0. The zero-order chi connectivity index (χ0) is 13.8. The summed E-state index contributed by atoms with van der Waals surface area (Å²) in [5.74, 6) is -0.469. The summed E-state index contributed by atoms with van der Waals surface area (Å²) in [6.07, 6.45) is 0. The third kappa shape index (κ3) is 3.33. The summed E-state index contributed by atoms with van der Waals surface area (Å²) in [6.45, 7) is -0.0410. The van der Waals surface area contributed by atoms with Crippen LogP contribution in [0.5, 0.6) is 5.75 Å². The van der Waals surface area contributed by atoms with Gasteiger partial charge in [0.05, 0.1) is 12.2 Å². The van der Waals surface area contributed by atoms with Gasteiger partial charge in [0.15, 0.2) is 0 Å². The molecule has 0 fully saturated rings. The van der Waals surface area contributed by atoms with Gasteiger partial charge < -0.3 is 15.5 Å². The maximum Gasteiger partial charge on any atom is 0.259 e. The summed E-state index contributed by atoms with van der Waals surface area (Å²) < 4.78 is 0.714. The number of halogens is 1. The number of benzene rings is 2. The predicted molar refractivity (Wildman–Crippen MR) is 76.1 cm³/mol. The number of aliphatic hydroxyl groups excluding tert-OH is 1. The normalized spacial score (nSPS) is 10.2. The van der Waals surface area contributed by atoms with Crippen LogP contribution in [-0.2, 0) is 6.61 Å². The Hall–Kier alpha value is -1.85. The number of aliphatic hydroxyl groups is 1. The van der Waals surface area contributed by atoms with Gasteiger partial charge in [-0.1, -0.05) is 28.1 Å². The lowest BCUT2D eigenvalue weighted by Gasteiger charge is -2.07. The van der Waals surface area contributed by atoms with Crippen molar-refractivity contribution in [3.63, 3.8) is 0 Å². The highest BCUT2D eigenvalue weighted by Gasteiger charge is 2.11. The number of phenolic OH excluding ortho intramolecular Hbond substituents is 1. The number of anilines is 1. The van der Waals surface area contributed by atoms with Gasteiger partial charge in [0.25, 0.3) is 5.91 Å². The van der Waals surface area contributed by atoms with Crippen LogP contribution in [0.2, 0.25) is 0 Å². The molecular weight excluding hydrogens is 310 g/mol. The number of aromatic hydroxyl groups is 1. The van der Waals surface area contributed by atoms with Crippen LogP contribution in [0.4, 0.5) is 5.69 Å². The van der Waals surface area contributed by atoms with Crippen molar-refractivity contribution >= 4 is 27.5 Å². The highest BCUT2D eigenvalue weighted by Crippen LogP contribution is 2.23. The minimum Gasteiger partial charge on any atom is -0.507 e. The van der Waals surface area contributed by atoms with Crippen molar-refractivity contribution in [3.05, 3.63) is 58.1 Å². The van der Waals surface area contributed by atoms with Gasteiger partial charge in [-0.3, -0.25) is 4.79 Å². The fourth-order valence-corrected chi connectivity index (χ4v) is 1.94. The second-order valence-corrected chi connectivity index (χ2v) is 4.89. The zero-order valence-corrected chi connectivity index (χ0v) is 11.5. The monoisotopic (exact) mass is 321 g/mol. The molecule has 0 unspecified atom stereocenters. The van der Waals surface area contributed by atoms with E-state index in [1.807, 2.05) is 0 Å². The van der Waals surface area contributed by atoms with Gasteiger partial charge in [-0.15, -0.1) is 0 Å². The van der Waals surface area contributed by atoms with Crippen LogP contribution in [0.15, 0.2) is 46.9 Å². The summed E-state index contributed by atoms with van der Waals surface area (Å²) in [7, 11) is 0. The Kier molecular flexibility index (Phi) is 4.19. The third-order valence-corrected chi connectivity index (χ3v) is 3.09. The molecule has 5 heteroatoms. The lowest BCUT2D eigenvalue weighted by atomic mass is 10.1. The molecule has 0 saturated carbocycles. The van der Waals surface area contributed by atoms with Crippen molar-refractivity contribution < 1.29 is 15.0 Å². The van der Waals surface area contributed by atoms with E-state index in [-0.39, 0.29) is 17.9 Å². The first-order valence-electron chi connectivity index (χ1n) is 5.60. The smallest absolute Gasteiger partial charge is 0.259 e. The number of hydrogen-bond acceptors (Lipinski definition) is 3. The van der Waals surface area contributed by atoms with Crippen molar-refractivity contribution in [1.82, 2.24) is 0 Å². The first kappa shape index (κ1) is 13.6. The van der Waals surface area contributed by atoms with Crippen LogP contribution in [0.25, 0.3) is 0 Å². The summed E-state index contributed by atoms with van der Waals surface area (Å²) >= 11 is 3.25. The van der Waals surface area contributed by atoms with E-state index in [1.165, 1.54) is 6.07 Å². The van der Waals surface area contributed by atoms with E-state index in [1.54, 1.807) is 36.4 Å². The molecule has 2 aromatic rings. The molecule has 0 radical (unpaired) electrons. The Morgan fingerprint density at radius 3 is 2.47 bits per heavy atom. The number of phenols is 1. The molecule has 1 amide bonds. The third-order valence-electron chi connectivity index (χ3n) is 2.60. The SMILES string of the molecule is O=C(Nc1ccc(CO)cc1)c1cc(Br)ccc1O. The van der Waals surface area contributed by atoms with Gasteiger partial charge in [0.1, 0.15) is 5.75 Å². The molecule has 0 spiro atoms. The van der Waals surface area contributed by atoms with E-state index in [0.29, 0.717) is 10.2 Å². The molecule has 2 aromatic carbocycles. The van der Waals surface area contributed by atoms with E-state index >= 15 is 0 Å². The molecule has 0 aliphatic rings. The molecule has 3 N–H and O–H groups in total. The molecule has 0 bridgehead atoms. The molecule has 19 heavy (non-hydrogen) atoms. The van der Waals surface area contributed by atoms with E-state index in [2.05, 4.69) is 21.2 Å². The van der Waals surface area contributed by atoms with E-state index in [0.717, 1.165) is 5.56 Å². The summed E-state index contributed by atoms with van der Waals surface area (Å²) in [6, 6.07) is 11.5. The molecule has 0 heterocycles. The molecular formula is C14H12BrNO3. The van der Waals surface area contributed by atoms with Crippen LogP contribution >= 0.6 is 15.9 Å². The minimum atomic E-state index is -0.393. The van der Waals surface area contributed by atoms with E-state index in [9.17, 15) is 9.90 Å². The summed E-state index contributed by atoms with van der Waals surface area (Å²) in [5, 5.41) is 21.3. The Morgan fingerprint density at radius 1 is 1.16 bits per heavy atom. The molecule has 0 saturated heterocycles. The van der Waals surface area contributed by atoms with Crippen LogP contribution in [0, 0.1) is 0 Å². The lowest BCUT2D eigenvalue weighted by molar-refractivity contribution is 0.102. The minimum absolute atomic E-state index is 0.0410. The van der Waals surface area contributed by atoms with Crippen molar-refractivity contribution in [1.29, 1.82) is 0 Å². The van der Waals surface area contributed by atoms with Gasteiger partial charge in [-0.25, -0.2) is 0 Å². The Balaban J connectivity index is 2.18. The number of carbonyl (C=O) groups excluding carboxylic acids is 1. The second kappa shape index (κ2) is 5.86. The van der Waals surface area contributed by atoms with E-state index in [4.69, 9.17) is 5.11 Å². The van der Waals surface area contributed by atoms with Crippen LogP contribution in [0.1, 0.15) is 15.9 Å². The van der Waals surface area contributed by atoms with Crippen molar-refractivity contribution in [2.45, 2.75) is 6.61 Å². The first-order valence-corrected chi connectivity index (χ1v) is 6.39. The Labute approximate surface area is 118 Å². The van der Waals surface area contributed by atoms with Crippen LogP contribution < -0.4 is 5.32 Å². The molecule has 4 nitrogen and oxygen atoms in total. The van der Waals surface area contributed by atoms with Crippen molar-refractivity contribution in [3.8, 4) is 5.75 Å². The largest absolute Gasteiger partial charge is 0.507 e.